The van der Waals surface area contributed by atoms with Gasteiger partial charge in [-0.1, -0.05) is 17.7 Å². The summed E-state index contributed by atoms with van der Waals surface area (Å²) in [6.45, 7) is 2.70. The molecule has 0 amide bonds. The summed E-state index contributed by atoms with van der Waals surface area (Å²) in [6, 6.07) is 6.61. The molecule has 19 heavy (non-hydrogen) atoms. The molecule has 106 valence electrons. The van der Waals surface area contributed by atoms with Gasteiger partial charge in [-0.15, -0.1) is 0 Å². The average Bonchev–Trinajstić information content (AvgIpc) is 3.04. The van der Waals surface area contributed by atoms with E-state index >= 15 is 0 Å². The summed E-state index contributed by atoms with van der Waals surface area (Å²) >= 11 is 0. The van der Waals surface area contributed by atoms with E-state index in [1.54, 1.807) is 38.5 Å². The largest absolute Gasteiger partial charge is 0.383 e. The number of nitrogens with zero attached hydrogens (tertiary/aromatic N) is 1. The third-order valence-corrected chi connectivity index (χ3v) is 5.24. The molecular formula is C13H19NO4S. The first-order chi connectivity index (χ1) is 9.02. The van der Waals surface area contributed by atoms with Gasteiger partial charge in [0.15, 0.2) is 0 Å². The van der Waals surface area contributed by atoms with Crippen LogP contribution in [0.5, 0.6) is 0 Å². The van der Waals surface area contributed by atoms with Gasteiger partial charge in [-0.25, -0.2) is 8.42 Å². The summed E-state index contributed by atoms with van der Waals surface area (Å²) in [5.74, 6) is 0. The Morgan fingerprint density at radius 2 is 1.53 bits per heavy atom. The Labute approximate surface area is 114 Å². The van der Waals surface area contributed by atoms with Gasteiger partial charge in [0.05, 0.1) is 30.2 Å². The van der Waals surface area contributed by atoms with Gasteiger partial charge in [0.2, 0.25) is 10.0 Å². The van der Waals surface area contributed by atoms with Crippen LogP contribution < -0.4 is 0 Å². The molecule has 0 saturated carbocycles. The number of rotatable bonds is 6. The van der Waals surface area contributed by atoms with Gasteiger partial charge in [-0.2, -0.15) is 4.31 Å². The van der Waals surface area contributed by atoms with Crippen LogP contribution in [0.1, 0.15) is 5.56 Å². The lowest BCUT2D eigenvalue weighted by molar-refractivity contribution is 0.179. The smallest absolute Gasteiger partial charge is 0.243 e. The summed E-state index contributed by atoms with van der Waals surface area (Å²) in [4.78, 5) is 0.317. The zero-order valence-electron chi connectivity index (χ0n) is 11.4. The normalized spacial score (nSPS) is 26.4. The summed E-state index contributed by atoms with van der Waals surface area (Å²) in [7, 11) is -0.315. The predicted octanol–water partition coefficient (Wildman–Crippen LogP) is 1.03. The van der Waals surface area contributed by atoms with E-state index in [0.717, 1.165) is 5.56 Å². The zero-order chi connectivity index (χ0) is 14.0. The SMILES string of the molecule is COCC1C(COC)N1S(=O)(=O)c1ccc(C)cc1. The second-order valence-corrected chi connectivity index (χ2v) is 6.54. The molecule has 1 aromatic rings. The molecular weight excluding hydrogens is 266 g/mol. The Morgan fingerprint density at radius 1 is 1.05 bits per heavy atom. The maximum absolute atomic E-state index is 12.5. The minimum atomic E-state index is -3.45. The molecule has 1 fully saturated rings. The number of hydrogen-bond acceptors (Lipinski definition) is 4. The van der Waals surface area contributed by atoms with E-state index in [1.165, 1.54) is 4.31 Å². The van der Waals surface area contributed by atoms with Crippen LogP contribution in [0.2, 0.25) is 0 Å². The highest BCUT2D eigenvalue weighted by molar-refractivity contribution is 7.89. The summed E-state index contributed by atoms with van der Waals surface area (Å²) in [5.41, 5.74) is 1.03. The highest BCUT2D eigenvalue weighted by atomic mass is 32.2. The van der Waals surface area contributed by atoms with Crippen LogP contribution in [0.3, 0.4) is 0 Å². The molecule has 0 N–H and O–H groups in total. The van der Waals surface area contributed by atoms with Crippen LogP contribution in [0.15, 0.2) is 29.2 Å². The molecule has 1 aliphatic rings. The molecule has 0 radical (unpaired) electrons. The van der Waals surface area contributed by atoms with Crippen LogP contribution in [0.4, 0.5) is 0 Å². The van der Waals surface area contributed by atoms with Crippen molar-refractivity contribution in [2.45, 2.75) is 23.9 Å². The fourth-order valence-electron chi connectivity index (χ4n) is 2.21. The van der Waals surface area contributed by atoms with E-state index in [-0.39, 0.29) is 12.1 Å². The molecule has 1 aliphatic heterocycles. The van der Waals surface area contributed by atoms with Crippen LogP contribution >= 0.6 is 0 Å². The van der Waals surface area contributed by atoms with Gasteiger partial charge in [0.1, 0.15) is 0 Å². The number of ether oxygens (including phenoxy) is 2. The lowest BCUT2D eigenvalue weighted by Crippen LogP contribution is -2.18. The molecule has 0 bridgehead atoms. The molecule has 0 aromatic heterocycles. The fourth-order valence-corrected chi connectivity index (χ4v) is 3.99. The first-order valence-electron chi connectivity index (χ1n) is 6.10. The van der Waals surface area contributed by atoms with Crippen molar-refractivity contribution in [3.63, 3.8) is 0 Å². The molecule has 2 unspecified atom stereocenters. The molecule has 6 heteroatoms. The van der Waals surface area contributed by atoms with Gasteiger partial charge in [-0.05, 0) is 19.1 Å². The number of methoxy groups -OCH3 is 2. The Kier molecular flexibility index (Phi) is 4.25. The quantitative estimate of drug-likeness (QED) is 0.733. The lowest BCUT2D eigenvalue weighted by atomic mass is 10.2. The minimum absolute atomic E-state index is 0.128. The van der Waals surface area contributed by atoms with Crippen LogP contribution in [0, 0.1) is 6.92 Å². The third-order valence-electron chi connectivity index (χ3n) is 3.28. The predicted molar refractivity (Wildman–Crippen MR) is 71.5 cm³/mol. The maximum Gasteiger partial charge on any atom is 0.243 e. The van der Waals surface area contributed by atoms with Crippen LogP contribution in [0.25, 0.3) is 0 Å². The molecule has 0 aliphatic carbocycles. The van der Waals surface area contributed by atoms with E-state index in [0.29, 0.717) is 18.1 Å². The number of sulfonamides is 1. The summed E-state index contributed by atoms with van der Waals surface area (Å²) in [5, 5.41) is 0. The van der Waals surface area contributed by atoms with E-state index in [1.807, 2.05) is 6.92 Å². The number of aryl methyl sites for hydroxylation is 1. The van der Waals surface area contributed by atoms with Crippen molar-refractivity contribution in [1.82, 2.24) is 4.31 Å². The molecule has 5 nitrogen and oxygen atoms in total. The summed E-state index contributed by atoms with van der Waals surface area (Å²) < 4.78 is 36.6. The van der Waals surface area contributed by atoms with Gasteiger partial charge < -0.3 is 9.47 Å². The summed E-state index contributed by atoms with van der Waals surface area (Å²) in [6.07, 6.45) is 0. The van der Waals surface area contributed by atoms with Crippen molar-refractivity contribution in [1.29, 1.82) is 0 Å². The fraction of sp³-hybridized carbons (Fsp3) is 0.538. The topological polar surface area (TPSA) is 55.6 Å². The second kappa shape index (κ2) is 5.58. The first-order valence-corrected chi connectivity index (χ1v) is 7.54. The third kappa shape index (κ3) is 2.81. The van der Waals surface area contributed by atoms with Gasteiger partial charge in [0, 0.05) is 14.2 Å². The Hall–Kier alpha value is -0.950. The highest BCUT2D eigenvalue weighted by Crippen LogP contribution is 2.36. The van der Waals surface area contributed by atoms with E-state index in [2.05, 4.69) is 0 Å². The van der Waals surface area contributed by atoms with Gasteiger partial charge >= 0.3 is 0 Å². The average molecular weight is 285 g/mol. The van der Waals surface area contributed by atoms with Crippen molar-refractivity contribution in [2.75, 3.05) is 27.4 Å². The Bertz CT molecular complexity index is 514. The highest BCUT2D eigenvalue weighted by Gasteiger charge is 2.55. The van der Waals surface area contributed by atoms with E-state index in [4.69, 9.17) is 9.47 Å². The second-order valence-electron chi connectivity index (χ2n) is 4.69. The van der Waals surface area contributed by atoms with E-state index in [9.17, 15) is 8.42 Å². The molecule has 1 aromatic carbocycles. The molecule has 1 saturated heterocycles. The van der Waals surface area contributed by atoms with Gasteiger partial charge in [-0.3, -0.25) is 0 Å². The van der Waals surface area contributed by atoms with E-state index < -0.39 is 10.0 Å². The van der Waals surface area contributed by atoms with Crippen molar-refractivity contribution in [3.8, 4) is 0 Å². The molecule has 2 rings (SSSR count). The number of benzene rings is 1. The Morgan fingerprint density at radius 3 is 1.95 bits per heavy atom. The molecule has 0 spiro atoms. The number of hydrogen-bond donors (Lipinski definition) is 0. The van der Waals surface area contributed by atoms with Crippen molar-refractivity contribution in [3.05, 3.63) is 29.8 Å². The monoisotopic (exact) mass is 285 g/mol. The zero-order valence-corrected chi connectivity index (χ0v) is 12.2. The standard InChI is InChI=1S/C13H19NO4S/c1-10-4-6-11(7-5-10)19(15,16)14-12(8-17-2)13(14)9-18-3/h4-7,12-13H,8-9H2,1-3H3. The molecule has 2 atom stereocenters. The van der Waals surface area contributed by atoms with Crippen LogP contribution in [-0.2, 0) is 19.5 Å². The molecule has 1 heterocycles. The first kappa shape index (κ1) is 14.5. The van der Waals surface area contributed by atoms with Crippen molar-refractivity contribution >= 4 is 10.0 Å². The van der Waals surface area contributed by atoms with Crippen LogP contribution in [-0.4, -0.2) is 52.2 Å². The van der Waals surface area contributed by atoms with Crippen molar-refractivity contribution < 1.29 is 17.9 Å². The van der Waals surface area contributed by atoms with Crippen molar-refractivity contribution in [2.24, 2.45) is 0 Å². The maximum atomic E-state index is 12.5. The lowest BCUT2D eigenvalue weighted by Gasteiger charge is -2.07. The minimum Gasteiger partial charge on any atom is -0.383 e. The Balaban J connectivity index is 2.22. The van der Waals surface area contributed by atoms with Gasteiger partial charge in [0.25, 0.3) is 0 Å².